The number of ether oxygens (including phenoxy) is 1. The monoisotopic (exact) mass is 333 g/mol. The van der Waals surface area contributed by atoms with Gasteiger partial charge < -0.3 is 4.74 Å². The molecule has 0 aliphatic rings. The lowest BCUT2D eigenvalue weighted by Crippen LogP contribution is -2.27. The highest BCUT2D eigenvalue weighted by atomic mass is 32.2. The summed E-state index contributed by atoms with van der Waals surface area (Å²) in [7, 11) is -1.67. The summed E-state index contributed by atoms with van der Waals surface area (Å²) in [4.78, 5) is 0. The van der Waals surface area contributed by atoms with E-state index in [9.17, 15) is 8.42 Å². The van der Waals surface area contributed by atoms with Crippen molar-refractivity contribution in [3.05, 3.63) is 64.7 Å². The maximum Gasteiger partial charge on any atom is 0.212 e. The van der Waals surface area contributed by atoms with E-state index in [0.29, 0.717) is 13.0 Å². The molecule has 0 unspecified atom stereocenters. The van der Waals surface area contributed by atoms with E-state index in [0.717, 1.165) is 28.0 Å². The lowest BCUT2D eigenvalue weighted by molar-refractivity contribution is 0.411. The van der Waals surface area contributed by atoms with Crippen LogP contribution in [0, 0.1) is 13.8 Å². The van der Waals surface area contributed by atoms with Gasteiger partial charge in [0.1, 0.15) is 5.75 Å². The molecule has 23 heavy (non-hydrogen) atoms. The Kier molecular flexibility index (Phi) is 5.80. The molecule has 0 bridgehead atoms. The summed E-state index contributed by atoms with van der Waals surface area (Å²) in [5.74, 6) is 0.906. The second-order valence-electron chi connectivity index (χ2n) is 5.55. The lowest BCUT2D eigenvalue weighted by Gasteiger charge is -2.13. The first kappa shape index (κ1) is 17.5. The molecule has 4 nitrogen and oxygen atoms in total. The minimum atomic E-state index is -3.30. The van der Waals surface area contributed by atoms with Gasteiger partial charge in [0.25, 0.3) is 0 Å². The number of nitrogens with one attached hydrogen (secondary N) is 1. The van der Waals surface area contributed by atoms with E-state index in [1.54, 1.807) is 7.11 Å². The molecule has 0 aromatic heterocycles. The third-order valence-electron chi connectivity index (χ3n) is 4.05. The van der Waals surface area contributed by atoms with Crippen molar-refractivity contribution < 1.29 is 13.2 Å². The van der Waals surface area contributed by atoms with Crippen LogP contribution in [0.4, 0.5) is 0 Å². The van der Waals surface area contributed by atoms with Crippen LogP contribution in [-0.4, -0.2) is 21.3 Å². The van der Waals surface area contributed by atoms with Crippen molar-refractivity contribution in [2.45, 2.75) is 26.8 Å². The summed E-state index contributed by atoms with van der Waals surface area (Å²) in [5, 5.41) is 0. The van der Waals surface area contributed by atoms with Crippen LogP contribution in [0.2, 0.25) is 0 Å². The van der Waals surface area contributed by atoms with E-state index in [-0.39, 0.29) is 5.75 Å². The van der Waals surface area contributed by atoms with E-state index in [1.807, 2.05) is 56.3 Å². The zero-order chi connectivity index (χ0) is 16.9. The van der Waals surface area contributed by atoms with Crippen LogP contribution in [-0.2, 0) is 23.0 Å². The van der Waals surface area contributed by atoms with Crippen molar-refractivity contribution in [2.24, 2.45) is 0 Å². The predicted octanol–water partition coefficient (Wildman–Crippen LogP) is 2.97. The molecule has 0 saturated heterocycles. The van der Waals surface area contributed by atoms with Crippen LogP contribution in [0.3, 0.4) is 0 Å². The highest BCUT2D eigenvalue weighted by molar-refractivity contribution is 7.89. The predicted molar refractivity (Wildman–Crippen MR) is 93.2 cm³/mol. The molecule has 2 aromatic carbocycles. The van der Waals surface area contributed by atoms with Crippen LogP contribution >= 0.6 is 0 Å². The summed E-state index contributed by atoms with van der Waals surface area (Å²) < 4.78 is 32.3. The van der Waals surface area contributed by atoms with E-state index in [2.05, 4.69) is 4.72 Å². The highest BCUT2D eigenvalue weighted by Gasteiger charge is 2.12. The molecule has 2 rings (SSSR count). The molecule has 1 N–H and O–H groups in total. The molecule has 2 aromatic rings. The van der Waals surface area contributed by atoms with Crippen LogP contribution in [0.25, 0.3) is 0 Å². The summed E-state index contributed by atoms with van der Waals surface area (Å²) >= 11 is 0. The van der Waals surface area contributed by atoms with Crippen molar-refractivity contribution in [2.75, 3.05) is 12.9 Å². The van der Waals surface area contributed by atoms with E-state index in [1.165, 1.54) is 0 Å². The molecule has 0 atom stereocenters. The van der Waals surface area contributed by atoms with Gasteiger partial charge in [-0.25, -0.2) is 13.1 Å². The summed E-state index contributed by atoms with van der Waals surface area (Å²) in [6.07, 6.45) is 0.511. The fourth-order valence-electron chi connectivity index (χ4n) is 2.42. The van der Waals surface area contributed by atoms with Gasteiger partial charge in [-0.05, 0) is 48.6 Å². The molecule has 0 fully saturated rings. The van der Waals surface area contributed by atoms with Crippen molar-refractivity contribution in [1.82, 2.24) is 4.72 Å². The molecule has 124 valence electrons. The average Bonchev–Trinajstić information content (AvgIpc) is 2.55. The minimum Gasteiger partial charge on any atom is -0.496 e. The first-order valence-corrected chi connectivity index (χ1v) is 9.22. The SMILES string of the molecule is COc1ccc(CNS(=O)(=O)CCc2ccccc2)c(C)c1C. The number of sulfonamides is 1. The number of rotatable bonds is 7. The smallest absolute Gasteiger partial charge is 0.212 e. The second kappa shape index (κ2) is 7.62. The molecule has 0 spiro atoms. The van der Waals surface area contributed by atoms with Crippen molar-refractivity contribution >= 4 is 10.0 Å². The van der Waals surface area contributed by atoms with Gasteiger partial charge in [0.05, 0.1) is 12.9 Å². The van der Waals surface area contributed by atoms with Gasteiger partial charge >= 0.3 is 0 Å². The Hall–Kier alpha value is -1.85. The Bertz CT molecular complexity index is 755. The zero-order valence-electron chi connectivity index (χ0n) is 13.8. The maximum atomic E-state index is 12.2. The average molecular weight is 333 g/mol. The molecule has 0 aliphatic heterocycles. The molecular weight excluding hydrogens is 310 g/mol. The topological polar surface area (TPSA) is 55.4 Å². The summed E-state index contributed by atoms with van der Waals surface area (Å²) in [6.45, 7) is 4.25. The number of methoxy groups -OCH3 is 1. The lowest BCUT2D eigenvalue weighted by atomic mass is 10.0. The van der Waals surface area contributed by atoms with E-state index >= 15 is 0 Å². The Balaban J connectivity index is 1.98. The van der Waals surface area contributed by atoms with E-state index in [4.69, 9.17) is 4.74 Å². The Morgan fingerprint density at radius 3 is 2.35 bits per heavy atom. The first-order valence-electron chi connectivity index (χ1n) is 7.57. The van der Waals surface area contributed by atoms with Crippen molar-refractivity contribution in [3.63, 3.8) is 0 Å². The van der Waals surface area contributed by atoms with Gasteiger partial charge in [-0.15, -0.1) is 0 Å². The third kappa shape index (κ3) is 4.81. The Morgan fingerprint density at radius 2 is 1.70 bits per heavy atom. The van der Waals surface area contributed by atoms with Gasteiger partial charge in [-0.1, -0.05) is 36.4 Å². The number of benzene rings is 2. The summed E-state index contributed by atoms with van der Waals surface area (Å²) in [6, 6.07) is 13.4. The van der Waals surface area contributed by atoms with Gasteiger partial charge in [0, 0.05) is 6.54 Å². The zero-order valence-corrected chi connectivity index (χ0v) is 14.6. The van der Waals surface area contributed by atoms with E-state index < -0.39 is 10.0 Å². The second-order valence-corrected chi connectivity index (χ2v) is 7.48. The van der Waals surface area contributed by atoms with Gasteiger partial charge in [-0.3, -0.25) is 0 Å². The van der Waals surface area contributed by atoms with Crippen molar-refractivity contribution in [3.8, 4) is 5.75 Å². The Morgan fingerprint density at radius 1 is 1.00 bits per heavy atom. The van der Waals surface area contributed by atoms with Crippen molar-refractivity contribution in [1.29, 1.82) is 0 Å². The summed E-state index contributed by atoms with van der Waals surface area (Å²) in [5.41, 5.74) is 4.07. The van der Waals surface area contributed by atoms with Gasteiger partial charge in [0.15, 0.2) is 0 Å². The Labute approximate surface area is 138 Å². The molecule has 0 heterocycles. The quantitative estimate of drug-likeness (QED) is 0.847. The normalized spacial score (nSPS) is 11.4. The van der Waals surface area contributed by atoms with Crippen LogP contribution in [0.5, 0.6) is 5.75 Å². The molecule has 0 amide bonds. The standard InChI is InChI=1S/C18H23NO3S/c1-14-15(2)18(22-3)10-9-17(14)13-19-23(20,21)12-11-16-7-5-4-6-8-16/h4-10,19H,11-13H2,1-3H3. The van der Waals surface area contributed by atoms with Crippen LogP contribution in [0.1, 0.15) is 22.3 Å². The largest absolute Gasteiger partial charge is 0.496 e. The number of hydrogen-bond donors (Lipinski definition) is 1. The van der Waals surface area contributed by atoms with Crippen LogP contribution < -0.4 is 9.46 Å². The molecule has 5 heteroatoms. The molecular formula is C18H23NO3S. The van der Waals surface area contributed by atoms with Gasteiger partial charge in [0.2, 0.25) is 10.0 Å². The minimum absolute atomic E-state index is 0.0885. The molecule has 0 aliphatic carbocycles. The fourth-order valence-corrected chi connectivity index (χ4v) is 3.45. The van der Waals surface area contributed by atoms with Crippen LogP contribution in [0.15, 0.2) is 42.5 Å². The molecule has 0 radical (unpaired) electrons. The third-order valence-corrected chi connectivity index (χ3v) is 5.38. The first-order chi connectivity index (χ1) is 10.9. The number of hydrogen-bond acceptors (Lipinski definition) is 3. The fraction of sp³-hybridized carbons (Fsp3) is 0.333. The number of aryl methyl sites for hydroxylation is 1. The maximum absolute atomic E-state index is 12.2. The van der Waals surface area contributed by atoms with Gasteiger partial charge in [-0.2, -0.15) is 0 Å². The highest BCUT2D eigenvalue weighted by Crippen LogP contribution is 2.23. The molecule has 0 saturated carbocycles.